The normalized spacial score (nSPS) is 18.3. The highest BCUT2D eigenvalue weighted by atomic mass is 16.4. The van der Waals surface area contributed by atoms with Gasteiger partial charge >= 0.3 is 5.97 Å². The summed E-state index contributed by atoms with van der Waals surface area (Å²) in [4.78, 5) is 13.5. The summed E-state index contributed by atoms with van der Waals surface area (Å²) in [5, 5.41) is 11.0. The van der Waals surface area contributed by atoms with Gasteiger partial charge in [-0.1, -0.05) is 60.7 Å². The molecule has 0 bridgehead atoms. The van der Waals surface area contributed by atoms with E-state index in [0.29, 0.717) is 18.2 Å². The molecule has 25 heavy (non-hydrogen) atoms. The van der Waals surface area contributed by atoms with Crippen LogP contribution in [-0.4, -0.2) is 46.7 Å². The number of nitrogens with zero attached hydrogens (tertiary/aromatic N) is 2. The maximum Gasteiger partial charge on any atom is 0.334 e. The molecule has 2 aliphatic rings. The molecule has 2 N–H and O–H groups in total. The number of benzene rings is 2. The van der Waals surface area contributed by atoms with E-state index in [4.69, 9.17) is 5.11 Å². The number of hydrogen-bond acceptors (Lipinski definition) is 4. The highest BCUT2D eigenvalue weighted by Gasteiger charge is 2.38. The smallest absolute Gasteiger partial charge is 0.334 e. The molecule has 4 rings (SSSR count). The Morgan fingerprint density at radius 1 is 1.00 bits per heavy atom. The van der Waals surface area contributed by atoms with E-state index in [1.807, 2.05) is 17.1 Å². The van der Waals surface area contributed by atoms with Gasteiger partial charge < -0.3 is 10.1 Å². The molecule has 1 saturated heterocycles. The Labute approximate surface area is 147 Å². The molecule has 0 aliphatic carbocycles. The van der Waals surface area contributed by atoms with Crippen LogP contribution in [0.15, 0.2) is 72.4 Å². The summed E-state index contributed by atoms with van der Waals surface area (Å²) < 4.78 is 0. The second kappa shape index (κ2) is 6.70. The van der Waals surface area contributed by atoms with Crippen LogP contribution in [0.3, 0.4) is 0 Å². The zero-order valence-electron chi connectivity index (χ0n) is 13.9. The molecule has 5 heteroatoms. The van der Waals surface area contributed by atoms with Crippen LogP contribution in [0, 0.1) is 0 Å². The first-order chi connectivity index (χ1) is 12.2. The maximum absolute atomic E-state index is 11.1. The van der Waals surface area contributed by atoms with E-state index >= 15 is 0 Å². The topological polar surface area (TPSA) is 55.8 Å². The van der Waals surface area contributed by atoms with Gasteiger partial charge in [0.1, 0.15) is 0 Å². The van der Waals surface area contributed by atoms with Crippen molar-refractivity contribution in [3.05, 3.63) is 83.6 Å². The number of carboxylic acids is 1. The molecule has 2 aromatic rings. The van der Waals surface area contributed by atoms with Crippen LogP contribution in [0.2, 0.25) is 0 Å². The van der Waals surface area contributed by atoms with E-state index in [2.05, 4.69) is 58.9 Å². The molecule has 0 spiro atoms. The summed E-state index contributed by atoms with van der Waals surface area (Å²) in [5.41, 5.74) is 6.14. The van der Waals surface area contributed by atoms with Crippen molar-refractivity contribution in [3.8, 4) is 0 Å². The summed E-state index contributed by atoms with van der Waals surface area (Å²) in [6.07, 6.45) is 1.73. The molecule has 0 saturated carbocycles. The van der Waals surface area contributed by atoms with Crippen molar-refractivity contribution >= 4 is 5.97 Å². The first kappa shape index (κ1) is 15.9. The lowest BCUT2D eigenvalue weighted by Gasteiger charge is -2.48. The van der Waals surface area contributed by atoms with Crippen LogP contribution in [-0.2, 0) is 4.79 Å². The van der Waals surface area contributed by atoms with Crippen LogP contribution in [0.4, 0.5) is 0 Å². The second-order valence-corrected chi connectivity index (χ2v) is 6.53. The molecule has 0 amide bonds. The molecular weight excluding hydrogens is 314 g/mol. The largest absolute Gasteiger partial charge is 0.478 e. The number of nitrogens with one attached hydrogen (secondary N) is 1. The Bertz CT molecular complexity index is 731. The Kier molecular flexibility index (Phi) is 4.26. The van der Waals surface area contributed by atoms with Gasteiger partial charge in [0.2, 0.25) is 0 Å². The minimum Gasteiger partial charge on any atom is -0.478 e. The van der Waals surface area contributed by atoms with Gasteiger partial charge in [-0.3, -0.25) is 4.90 Å². The number of carbonyl (C=O) groups is 1. The van der Waals surface area contributed by atoms with Crippen molar-refractivity contribution in [2.24, 2.45) is 0 Å². The van der Waals surface area contributed by atoms with Gasteiger partial charge in [0.05, 0.1) is 17.7 Å². The molecule has 0 radical (unpaired) electrons. The minimum atomic E-state index is -0.849. The Balaban J connectivity index is 1.51. The summed E-state index contributed by atoms with van der Waals surface area (Å²) >= 11 is 0. The van der Waals surface area contributed by atoms with Crippen molar-refractivity contribution < 1.29 is 9.90 Å². The van der Waals surface area contributed by atoms with Gasteiger partial charge in [-0.05, 0) is 11.1 Å². The SMILES string of the molecule is O=C(O)C1=CN(C2CN(C(c3ccccc3)c3ccccc3)C2)NC1. The Morgan fingerprint density at radius 2 is 1.56 bits per heavy atom. The lowest BCUT2D eigenvalue weighted by atomic mass is 9.93. The highest BCUT2D eigenvalue weighted by Crippen LogP contribution is 2.33. The first-order valence-electron chi connectivity index (χ1n) is 8.52. The van der Waals surface area contributed by atoms with Gasteiger partial charge in [0.25, 0.3) is 0 Å². The van der Waals surface area contributed by atoms with Crippen LogP contribution in [0.25, 0.3) is 0 Å². The monoisotopic (exact) mass is 335 g/mol. The van der Waals surface area contributed by atoms with E-state index in [1.165, 1.54) is 11.1 Å². The fourth-order valence-corrected chi connectivity index (χ4v) is 3.56. The lowest BCUT2D eigenvalue weighted by molar-refractivity contribution is -0.132. The van der Waals surface area contributed by atoms with Crippen molar-refractivity contribution in [2.45, 2.75) is 12.1 Å². The quantitative estimate of drug-likeness (QED) is 0.878. The van der Waals surface area contributed by atoms with E-state index in [-0.39, 0.29) is 6.04 Å². The summed E-state index contributed by atoms with van der Waals surface area (Å²) in [5.74, 6) is -0.849. The predicted octanol–water partition coefficient (Wildman–Crippen LogP) is 2.25. The second-order valence-electron chi connectivity index (χ2n) is 6.53. The average molecular weight is 335 g/mol. The molecule has 0 aromatic heterocycles. The molecule has 0 atom stereocenters. The number of hydrogen-bond donors (Lipinski definition) is 2. The third-order valence-electron chi connectivity index (χ3n) is 4.90. The van der Waals surface area contributed by atoms with Crippen LogP contribution >= 0.6 is 0 Å². The minimum absolute atomic E-state index is 0.226. The third-order valence-corrected chi connectivity index (χ3v) is 4.90. The standard InChI is InChI=1S/C20H21N3O2/c24-20(25)17-11-21-23(12-17)18-13-22(14-18)19(15-7-3-1-4-8-15)16-9-5-2-6-10-16/h1-10,12,18-19,21H,11,13-14H2,(H,24,25). The molecule has 2 aromatic carbocycles. The van der Waals surface area contributed by atoms with Crippen LogP contribution in [0.5, 0.6) is 0 Å². The molecule has 1 fully saturated rings. The molecule has 2 heterocycles. The van der Waals surface area contributed by atoms with E-state index in [1.54, 1.807) is 6.20 Å². The van der Waals surface area contributed by atoms with E-state index in [0.717, 1.165) is 13.1 Å². The van der Waals surface area contributed by atoms with E-state index < -0.39 is 5.97 Å². The van der Waals surface area contributed by atoms with Gasteiger partial charge in [0.15, 0.2) is 0 Å². The van der Waals surface area contributed by atoms with Gasteiger partial charge in [0, 0.05) is 25.8 Å². The number of likely N-dealkylation sites (tertiary alicyclic amines) is 1. The lowest BCUT2D eigenvalue weighted by Crippen LogP contribution is -2.60. The fourth-order valence-electron chi connectivity index (χ4n) is 3.56. The Morgan fingerprint density at radius 3 is 2.04 bits per heavy atom. The van der Waals surface area contributed by atoms with Crippen LogP contribution < -0.4 is 5.43 Å². The fraction of sp³-hybridized carbons (Fsp3) is 0.250. The number of rotatable bonds is 5. The maximum atomic E-state index is 11.1. The summed E-state index contributed by atoms with van der Waals surface area (Å²) in [7, 11) is 0. The third kappa shape index (κ3) is 3.16. The van der Waals surface area contributed by atoms with Gasteiger partial charge in [-0.25, -0.2) is 10.2 Å². The van der Waals surface area contributed by atoms with Crippen LogP contribution in [0.1, 0.15) is 17.2 Å². The number of aliphatic carboxylic acids is 1. The van der Waals surface area contributed by atoms with Gasteiger partial charge in [-0.15, -0.1) is 0 Å². The molecule has 128 valence electrons. The highest BCUT2D eigenvalue weighted by molar-refractivity contribution is 5.87. The first-order valence-corrected chi connectivity index (χ1v) is 8.52. The average Bonchev–Trinajstić information content (AvgIpc) is 3.09. The van der Waals surface area contributed by atoms with Gasteiger partial charge in [-0.2, -0.15) is 0 Å². The van der Waals surface area contributed by atoms with Crippen molar-refractivity contribution in [2.75, 3.05) is 19.6 Å². The molecule has 2 aliphatic heterocycles. The zero-order valence-corrected chi connectivity index (χ0v) is 13.9. The number of carboxylic acid groups (broad SMARTS) is 1. The Hall–Kier alpha value is -2.63. The zero-order chi connectivity index (χ0) is 17.2. The summed E-state index contributed by atoms with van der Waals surface area (Å²) in [6.45, 7) is 2.18. The predicted molar refractivity (Wildman–Crippen MR) is 95.6 cm³/mol. The molecule has 5 nitrogen and oxygen atoms in total. The van der Waals surface area contributed by atoms with Crippen molar-refractivity contribution in [1.82, 2.24) is 15.3 Å². The molecule has 0 unspecified atom stereocenters. The van der Waals surface area contributed by atoms with Crippen molar-refractivity contribution in [3.63, 3.8) is 0 Å². The molecular formula is C20H21N3O2. The summed E-state index contributed by atoms with van der Waals surface area (Å²) in [6, 6.07) is 21.6. The van der Waals surface area contributed by atoms with Crippen molar-refractivity contribution in [1.29, 1.82) is 0 Å². The number of hydrazine groups is 1. The van der Waals surface area contributed by atoms with E-state index in [9.17, 15) is 4.79 Å².